The quantitative estimate of drug-likeness (QED) is 0.488. The molecule has 0 saturated heterocycles. The highest BCUT2D eigenvalue weighted by molar-refractivity contribution is 6.09. The van der Waals surface area contributed by atoms with Crippen LogP contribution in [0.25, 0.3) is 10.8 Å². The Bertz CT molecular complexity index is 1310. The maximum absolute atomic E-state index is 13.5. The van der Waals surface area contributed by atoms with E-state index in [0.29, 0.717) is 17.8 Å². The Morgan fingerprint density at radius 2 is 1.50 bits per heavy atom. The Hall–Kier alpha value is -3.76. The fourth-order valence-electron chi connectivity index (χ4n) is 4.61. The predicted molar refractivity (Wildman–Crippen MR) is 125 cm³/mol. The average Bonchev–Trinajstić information content (AvgIpc) is 3.02. The summed E-state index contributed by atoms with van der Waals surface area (Å²) in [5, 5.41) is 13.7. The van der Waals surface area contributed by atoms with Crippen molar-refractivity contribution in [2.45, 2.75) is 25.0 Å². The van der Waals surface area contributed by atoms with Gasteiger partial charge in [-0.15, -0.1) is 0 Å². The van der Waals surface area contributed by atoms with Gasteiger partial charge in [0.1, 0.15) is 5.78 Å². The molecule has 1 aliphatic heterocycles. The second-order valence-corrected chi connectivity index (χ2v) is 8.28. The second-order valence-electron chi connectivity index (χ2n) is 8.28. The number of para-hydroxylation sites is 1. The number of aliphatic hydroxyl groups is 1. The Labute approximate surface area is 186 Å². The van der Waals surface area contributed by atoms with E-state index in [4.69, 9.17) is 0 Å². The first-order chi connectivity index (χ1) is 15.6. The lowest BCUT2D eigenvalue weighted by Crippen LogP contribution is -2.41. The fourth-order valence-corrected chi connectivity index (χ4v) is 4.61. The standard InChI is InChI=1S/C28H23NO3/c30-23(17-20-9-2-1-3-10-20)18-28(32)25-15-6-7-16-26(25)29(27(28)31)19-22-13-8-12-21-11-4-5-14-24(21)22/h1-16,32H,17-19H2. The second kappa shape index (κ2) is 8.06. The SMILES string of the molecule is O=C(Cc1ccccc1)CC1(O)C(=O)N(Cc2cccc3ccccc23)c2ccccc21. The molecule has 0 bridgehead atoms. The van der Waals surface area contributed by atoms with Crippen molar-refractivity contribution in [3.8, 4) is 0 Å². The first kappa shape index (κ1) is 20.2. The molecule has 1 atom stereocenters. The molecule has 4 nitrogen and oxygen atoms in total. The predicted octanol–water partition coefficient (Wildman–Crippen LogP) is 4.78. The summed E-state index contributed by atoms with van der Waals surface area (Å²) in [5.74, 6) is -0.623. The van der Waals surface area contributed by atoms with Crippen LogP contribution in [0.2, 0.25) is 0 Å². The van der Waals surface area contributed by atoms with Crippen molar-refractivity contribution in [2.24, 2.45) is 0 Å². The number of Topliss-reactive ketones (excluding diaryl/α,β-unsaturated/α-hetero) is 1. The number of hydrogen-bond donors (Lipinski definition) is 1. The van der Waals surface area contributed by atoms with E-state index in [0.717, 1.165) is 21.9 Å². The molecule has 1 amide bonds. The molecule has 1 unspecified atom stereocenters. The van der Waals surface area contributed by atoms with Gasteiger partial charge in [-0.1, -0.05) is 91.0 Å². The number of carbonyl (C=O) groups excluding carboxylic acids is 2. The summed E-state index contributed by atoms with van der Waals surface area (Å²) in [6.45, 7) is 0.326. The molecular formula is C28H23NO3. The lowest BCUT2D eigenvalue weighted by Gasteiger charge is -2.23. The molecule has 0 radical (unpaired) electrons. The number of rotatable bonds is 6. The molecule has 1 aliphatic rings. The first-order valence-electron chi connectivity index (χ1n) is 10.7. The molecular weight excluding hydrogens is 398 g/mol. The number of hydrogen-bond acceptors (Lipinski definition) is 3. The summed E-state index contributed by atoms with van der Waals surface area (Å²) in [6, 6.07) is 30.6. The molecule has 4 heteroatoms. The van der Waals surface area contributed by atoms with Gasteiger partial charge in [-0.25, -0.2) is 0 Å². The minimum Gasteiger partial charge on any atom is -0.375 e. The van der Waals surface area contributed by atoms with E-state index in [1.165, 1.54) is 0 Å². The zero-order valence-corrected chi connectivity index (χ0v) is 17.6. The van der Waals surface area contributed by atoms with Crippen LogP contribution in [-0.4, -0.2) is 16.8 Å². The van der Waals surface area contributed by atoms with Gasteiger partial charge in [0.2, 0.25) is 0 Å². The van der Waals surface area contributed by atoms with Crippen LogP contribution in [0.15, 0.2) is 97.1 Å². The smallest absolute Gasteiger partial charge is 0.264 e. The van der Waals surface area contributed by atoms with Crippen molar-refractivity contribution >= 4 is 28.2 Å². The Morgan fingerprint density at radius 1 is 0.812 bits per heavy atom. The highest BCUT2D eigenvalue weighted by atomic mass is 16.3. The van der Waals surface area contributed by atoms with E-state index in [1.54, 1.807) is 17.0 Å². The van der Waals surface area contributed by atoms with Crippen LogP contribution >= 0.6 is 0 Å². The van der Waals surface area contributed by atoms with Gasteiger partial charge in [0.25, 0.3) is 5.91 Å². The number of ketones is 1. The van der Waals surface area contributed by atoms with Gasteiger partial charge in [-0.3, -0.25) is 9.59 Å². The van der Waals surface area contributed by atoms with Gasteiger partial charge in [-0.05, 0) is 28.0 Å². The van der Waals surface area contributed by atoms with E-state index in [-0.39, 0.29) is 18.6 Å². The molecule has 0 aliphatic carbocycles. The lowest BCUT2D eigenvalue weighted by atomic mass is 9.88. The molecule has 32 heavy (non-hydrogen) atoms. The van der Waals surface area contributed by atoms with Crippen molar-refractivity contribution < 1.29 is 14.7 Å². The van der Waals surface area contributed by atoms with Crippen LogP contribution in [0.1, 0.15) is 23.1 Å². The monoisotopic (exact) mass is 421 g/mol. The Balaban J connectivity index is 1.47. The Morgan fingerprint density at radius 3 is 2.34 bits per heavy atom. The lowest BCUT2D eigenvalue weighted by molar-refractivity contribution is -0.141. The van der Waals surface area contributed by atoms with Crippen LogP contribution < -0.4 is 4.90 Å². The summed E-state index contributed by atoms with van der Waals surface area (Å²) in [5.41, 5.74) is 1.15. The van der Waals surface area contributed by atoms with Crippen LogP contribution in [0.4, 0.5) is 5.69 Å². The third kappa shape index (κ3) is 3.49. The number of fused-ring (bicyclic) bond motifs is 2. The van der Waals surface area contributed by atoms with E-state index in [2.05, 4.69) is 0 Å². The molecule has 4 aromatic rings. The first-order valence-corrected chi connectivity index (χ1v) is 10.7. The normalized spacial score (nSPS) is 17.5. The third-order valence-electron chi connectivity index (χ3n) is 6.14. The largest absolute Gasteiger partial charge is 0.375 e. The van der Waals surface area contributed by atoms with Crippen LogP contribution in [-0.2, 0) is 28.2 Å². The average molecular weight is 421 g/mol. The molecule has 0 fully saturated rings. The summed E-state index contributed by atoms with van der Waals surface area (Å²) in [4.78, 5) is 28.0. The van der Waals surface area contributed by atoms with Crippen molar-refractivity contribution in [1.29, 1.82) is 0 Å². The maximum atomic E-state index is 13.5. The zero-order chi connectivity index (χ0) is 22.1. The number of amides is 1. The Kier molecular flexibility index (Phi) is 5.08. The highest BCUT2D eigenvalue weighted by Crippen LogP contribution is 2.43. The highest BCUT2D eigenvalue weighted by Gasteiger charge is 2.50. The molecule has 0 spiro atoms. The van der Waals surface area contributed by atoms with E-state index >= 15 is 0 Å². The summed E-state index contributed by atoms with van der Waals surface area (Å²) in [7, 11) is 0. The van der Waals surface area contributed by atoms with Crippen molar-refractivity contribution in [3.05, 3.63) is 114 Å². The summed E-state index contributed by atoms with van der Waals surface area (Å²) in [6.07, 6.45) is -0.0638. The molecule has 1 N–H and O–H groups in total. The van der Waals surface area contributed by atoms with Gasteiger partial charge < -0.3 is 10.0 Å². The topological polar surface area (TPSA) is 57.6 Å². The molecule has 158 valence electrons. The van der Waals surface area contributed by atoms with Gasteiger partial charge >= 0.3 is 0 Å². The zero-order valence-electron chi connectivity index (χ0n) is 17.6. The van der Waals surface area contributed by atoms with E-state index in [1.807, 2.05) is 84.9 Å². The van der Waals surface area contributed by atoms with Gasteiger partial charge in [0, 0.05) is 18.4 Å². The van der Waals surface area contributed by atoms with Gasteiger partial charge in [0.05, 0.1) is 12.2 Å². The number of benzene rings is 4. The summed E-state index contributed by atoms with van der Waals surface area (Å²) >= 11 is 0. The van der Waals surface area contributed by atoms with Crippen LogP contribution in [0, 0.1) is 0 Å². The van der Waals surface area contributed by atoms with Crippen LogP contribution in [0.3, 0.4) is 0 Å². The minimum absolute atomic E-state index is 0.172. The molecule has 5 rings (SSSR count). The molecule has 1 heterocycles. The van der Waals surface area contributed by atoms with Crippen LogP contribution in [0.5, 0.6) is 0 Å². The minimum atomic E-state index is -1.85. The van der Waals surface area contributed by atoms with E-state index < -0.39 is 11.5 Å². The number of carbonyl (C=O) groups is 2. The maximum Gasteiger partial charge on any atom is 0.264 e. The van der Waals surface area contributed by atoms with E-state index in [9.17, 15) is 14.7 Å². The summed E-state index contributed by atoms with van der Waals surface area (Å²) < 4.78 is 0. The van der Waals surface area contributed by atoms with Gasteiger partial charge in [0.15, 0.2) is 5.60 Å². The molecule has 4 aromatic carbocycles. The van der Waals surface area contributed by atoms with Crippen molar-refractivity contribution in [2.75, 3.05) is 4.90 Å². The van der Waals surface area contributed by atoms with Crippen molar-refractivity contribution in [1.82, 2.24) is 0 Å². The van der Waals surface area contributed by atoms with Crippen molar-refractivity contribution in [3.63, 3.8) is 0 Å². The molecule has 0 aromatic heterocycles. The number of anilines is 1. The fraction of sp³-hybridized carbons (Fsp3) is 0.143. The third-order valence-corrected chi connectivity index (χ3v) is 6.14. The number of nitrogens with zero attached hydrogens (tertiary/aromatic N) is 1. The van der Waals surface area contributed by atoms with Gasteiger partial charge in [-0.2, -0.15) is 0 Å². The molecule has 0 saturated carbocycles.